The van der Waals surface area contributed by atoms with E-state index in [0.717, 1.165) is 17.7 Å². The molecule has 0 aliphatic carbocycles. The molecule has 8 nitrogen and oxygen atoms in total. The molecule has 1 amide bonds. The zero-order chi connectivity index (χ0) is 20.1. The van der Waals surface area contributed by atoms with E-state index in [2.05, 4.69) is 5.32 Å². The molecule has 0 aliphatic rings. The highest BCUT2D eigenvalue weighted by molar-refractivity contribution is 5.97. The van der Waals surface area contributed by atoms with Gasteiger partial charge in [-0.1, -0.05) is 48.0 Å². The molecule has 0 fully saturated rings. The molecule has 8 heteroatoms. The van der Waals surface area contributed by atoms with Crippen LogP contribution in [0.25, 0.3) is 0 Å². The fourth-order valence-electron chi connectivity index (χ4n) is 2.45. The molecule has 3 aromatic rings. The van der Waals surface area contributed by atoms with Crippen LogP contribution in [-0.4, -0.2) is 16.8 Å². The normalized spacial score (nSPS) is 11.5. The zero-order valence-electron chi connectivity index (χ0n) is 14.8. The van der Waals surface area contributed by atoms with Crippen LogP contribution >= 0.6 is 0 Å². The second kappa shape index (κ2) is 8.17. The smallest absolute Gasteiger partial charge is 0.433 e. The Morgan fingerprint density at radius 2 is 1.71 bits per heavy atom. The molecule has 0 spiro atoms. The Balaban J connectivity index is 1.82. The Hall–Kier alpha value is -3.94. The van der Waals surface area contributed by atoms with Crippen molar-refractivity contribution < 1.29 is 23.7 Å². The summed E-state index contributed by atoms with van der Waals surface area (Å²) in [5, 5.41) is 13.4. The van der Waals surface area contributed by atoms with Crippen LogP contribution in [0.2, 0.25) is 0 Å². The molecule has 2 aromatic carbocycles. The zero-order valence-corrected chi connectivity index (χ0v) is 14.8. The fraction of sp³-hybridized carbons (Fsp3) is 0.100. The first-order chi connectivity index (χ1) is 13.4. The fourth-order valence-corrected chi connectivity index (χ4v) is 2.45. The minimum atomic E-state index is -1.26. The Morgan fingerprint density at radius 3 is 2.32 bits per heavy atom. The lowest BCUT2D eigenvalue weighted by Crippen LogP contribution is -2.25. The van der Waals surface area contributed by atoms with Gasteiger partial charge in [0.25, 0.3) is 5.91 Å². The van der Waals surface area contributed by atoms with Crippen molar-refractivity contribution in [1.82, 2.24) is 0 Å². The van der Waals surface area contributed by atoms with Gasteiger partial charge in [0.1, 0.15) is 4.92 Å². The number of rotatable bonds is 6. The van der Waals surface area contributed by atoms with Crippen molar-refractivity contribution >= 4 is 23.4 Å². The lowest BCUT2D eigenvalue weighted by atomic mass is 10.1. The lowest BCUT2D eigenvalue weighted by molar-refractivity contribution is -0.402. The molecule has 0 saturated carbocycles. The Morgan fingerprint density at radius 1 is 1.04 bits per heavy atom. The van der Waals surface area contributed by atoms with Crippen LogP contribution < -0.4 is 5.32 Å². The van der Waals surface area contributed by atoms with Crippen LogP contribution in [0, 0.1) is 17.0 Å². The van der Waals surface area contributed by atoms with Gasteiger partial charge in [0.15, 0.2) is 0 Å². The van der Waals surface area contributed by atoms with Crippen LogP contribution in [0.3, 0.4) is 0 Å². The predicted octanol–water partition coefficient (Wildman–Crippen LogP) is 4.03. The number of carbonyl (C=O) groups is 2. The van der Waals surface area contributed by atoms with Crippen molar-refractivity contribution in [2.75, 3.05) is 5.32 Å². The number of anilines is 1. The van der Waals surface area contributed by atoms with E-state index in [4.69, 9.17) is 9.15 Å². The number of carbonyl (C=O) groups excluding carboxylic acids is 2. The quantitative estimate of drug-likeness (QED) is 0.392. The first-order valence-electron chi connectivity index (χ1n) is 8.32. The molecule has 0 saturated heterocycles. The third-order valence-corrected chi connectivity index (χ3v) is 3.86. The van der Waals surface area contributed by atoms with E-state index in [1.807, 2.05) is 19.1 Å². The monoisotopic (exact) mass is 380 g/mol. The molecule has 0 aliphatic heterocycles. The summed E-state index contributed by atoms with van der Waals surface area (Å²) in [5.74, 6) is -2.51. The Bertz CT molecular complexity index is 995. The summed E-state index contributed by atoms with van der Waals surface area (Å²) in [5.41, 5.74) is 2.02. The highest BCUT2D eigenvalue weighted by Crippen LogP contribution is 2.24. The third kappa shape index (κ3) is 4.42. The number of furan rings is 1. The molecule has 28 heavy (non-hydrogen) atoms. The van der Waals surface area contributed by atoms with E-state index in [-0.39, 0.29) is 5.76 Å². The van der Waals surface area contributed by atoms with Crippen molar-refractivity contribution in [3.05, 3.63) is 93.7 Å². The third-order valence-electron chi connectivity index (χ3n) is 3.86. The minimum absolute atomic E-state index is 0.365. The van der Waals surface area contributed by atoms with Gasteiger partial charge in [0, 0.05) is 11.3 Å². The predicted molar refractivity (Wildman–Crippen MR) is 99.8 cm³/mol. The van der Waals surface area contributed by atoms with Crippen LogP contribution in [0.1, 0.15) is 27.8 Å². The largest absolute Gasteiger partial charge is 0.441 e. The summed E-state index contributed by atoms with van der Waals surface area (Å²) < 4.78 is 10.2. The molecule has 1 unspecified atom stereocenters. The first kappa shape index (κ1) is 18.8. The molecule has 1 atom stereocenters. The van der Waals surface area contributed by atoms with Crippen LogP contribution in [-0.2, 0) is 9.53 Å². The highest BCUT2D eigenvalue weighted by atomic mass is 16.7. The van der Waals surface area contributed by atoms with Crippen molar-refractivity contribution in [3.8, 4) is 0 Å². The van der Waals surface area contributed by atoms with E-state index < -0.39 is 28.8 Å². The number of esters is 1. The van der Waals surface area contributed by atoms with Gasteiger partial charge in [-0.15, -0.1) is 0 Å². The Kier molecular flexibility index (Phi) is 5.50. The van der Waals surface area contributed by atoms with Crippen LogP contribution in [0.15, 0.2) is 71.1 Å². The minimum Gasteiger partial charge on any atom is -0.441 e. The molecule has 3 rings (SSSR count). The van der Waals surface area contributed by atoms with Crippen molar-refractivity contribution in [1.29, 1.82) is 0 Å². The molecule has 1 aromatic heterocycles. The first-order valence-corrected chi connectivity index (χ1v) is 8.32. The molecule has 0 bridgehead atoms. The van der Waals surface area contributed by atoms with E-state index in [0.29, 0.717) is 11.3 Å². The number of benzene rings is 2. The number of amides is 1. The maximum atomic E-state index is 12.8. The molecular weight excluding hydrogens is 364 g/mol. The molecule has 0 radical (unpaired) electrons. The van der Waals surface area contributed by atoms with E-state index >= 15 is 0 Å². The highest BCUT2D eigenvalue weighted by Gasteiger charge is 2.28. The Labute approximate surface area is 159 Å². The lowest BCUT2D eigenvalue weighted by Gasteiger charge is -2.17. The van der Waals surface area contributed by atoms with Crippen molar-refractivity contribution in [3.63, 3.8) is 0 Å². The average Bonchev–Trinajstić information content (AvgIpc) is 3.19. The number of hydrogen-bond acceptors (Lipinski definition) is 6. The SMILES string of the molecule is Cc1ccc(NC(=O)C(OC(=O)c2ccc([N+](=O)[O-])o2)c2ccccc2)cc1. The number of nitrogens with zero attached hydrogens (tertiary/aromatic N) is 1. The van der Waals surface area contributed by atoms with Crippen LogP contribution in [0.5, 0.6) is 0 Å². The number of aryl methyl sites for hydroxylation is 1. The van der Waals surface area contributed by atoms with Gasteiger partial charge in [0.2, 0.25) is 11.9 Å². The standard InChI is InChI=1S/C20H16N2O6/c1-13-7-9-15(10-8-13)21-19(23)18(14-5-3-2-4-6-14)28-20(24)16-11-12-17(27-16)22(25)26/h2-12,18H,1H3,(H,21,23). The van der Waals surface area contributed by atoms with E-state index in [1.54, 1.807) is 42.5 Å². The van der Waals surface area contributed by atoms with Crippen LogP contribution in [0.4, 0.5) is 11.6 Å². The summed E-state index contributed by atoms with van der Waals surface area (Å²) in [7, 11) is 0. The van der Waals surface area contributed by atoms with Gasteiger partial charge in [-0.05, 0) is 25.1 Å². The summed E-state index contributed by atoms with van der Waals surface area (Å²) in [4.78, 5) is 35.0. The van der Waals surface area contributed by atoms with Gasteiger partial charge in [-0.2, -0.15) is 0 Å². The summed E-state index contributed by atoms with van der Waals surface area (Å²) >= 11 is 0. The molecule has 1 N–H and O–H groups in total. The maximum Gasteiger partial charge on any atom is 0.433 e. The number of nitrogens with one attached hydrogen (secondary N) is 1. The summed E-state index contributed by atoms with van der Waals surface area (Å²) in [6.07, 6.45) is -1.26. The van der Waals surface area contributed by atoms with Gasteiger partial charge < -0.3 is 14.5 Å². The average molecular weight is 380 g/mol. The van der Waals surface area contributed by atoms with Gasteiger partial charge in [-0.25, -0.2) is 4.79 Å². The van der Waals surface area contributed by atoms with Gasteiger partial charge >= 0.3 is 11.9 Å². The summed E-state index contributed by atoms with van der Waals surface area (Å²) in [6.45, 7) is 1.92. The number of hydrogen-bond donors (Lipinski definition) is 1. The van der Waals surface area contributed by atoms with E-state index in [1.165, 1.54) is 0 Å². The molecule has 1 heterocycles. The molecule has 142 valence electrons. The molecular formula is C20H16N2O6. The van der Waals surface area contributed by atoms with Gasteiger partial charge in [-0.3, -0.25) is 14.9 Å². The summed E-state index contributed by atoms with van der Waals surface area (Å²) in [6, 6.07) is 17.7. The number of ether oxygens (including phenoxy) is 1. The van der Waals surface area contributed by atoms with Crippen molar-refractivity contribution in [2.24, 2.45) is 0 Å². The van der Waals surface area contributed by atoms with Crippen molar-refractivity contribution in [2.45, 2.75) is 13.0 Å². The second-order valence-corrected chi connectivity index (χ2v) is 5.95. The second-order valence-electron chi connectivity index (χ2n) is 5.95. The topological polar surface area (TPSA) is 112 Å². The maximum absolute atomic E-state index is 12.8. The van der Waals surface area contributed by atoms with Gasteiger partial charge in [0.05, 0.1) is 6.07 Å². The van der Waals surface area contributed by atoms with E-state index in [9.17, 15) is 19.7 Å². The number of nitro groups is 1.